The van der Waals surface area contributed by atoms with Crippen molar-refractivity contribution in [3.63, 3.8) is 0 Å². The normalized spacial score (nSPS) is 32.7. The SMILES string of the molecule is O=C(CCl)NC1=NC=NC2C1=C1CCCN1C2(O)N1CCOCC1. The van der Waals surface area contributed by atoms with Crippen LogP contribution in [0.2, 0.25) is 0 Å². The molecule has 0 aromatic heterocycles. The van der Waals surface area contributed by atoms with Crippen molar-refractivity contribution in [3.05, 3.63) is 11.3 Å². The van der Waals surface area contributed by atoms with Crippen molar-refractivity contribution in [2.24, 2.45) is 9.98 Å². The van der Waals surface area contributed by atoms with E-state index in [2.05, 4.69) is 15.3 Å². The van der Waals surface area contributed by atoms with E-state index < -0.39 is 11.9 Å². The highest BCUT2D eigenvalue weighted by Gasteiger charge is 2.58. The molecule has 2 fully saturated rings. The van der Waals surface area contributed by atoms with Gasteiger partial charge in [0.2, 0.25) is 11.8 Å². The Morgan fingerprint density at radius 2 is 2.25 bits per heavy atom. The Morgan fingerprint density at radius 1 is 1.46 bits per heavy atom. The van der Waals surface area contributed by atoms with Crippen LogP contribution in [-0.4, -0.2) is 83.6 Å². The minimum Gasteiger partial charge on any atom is -0.379 e. The molecule has 8 nitrogen and oxygen atoms in total. The van der Waals surface area contributed by atoms with Crippen LogP contribution in [0.4, 0.5) is 0 Å². The van der Waals surface area contributed by atoms with Crippen LogP contribution in [0, 0.1) is 0 Å². The van der Waals surface area contributed by atoms with Gasteiger partial charge in [-0.2, -0.15) is 0 Å². The van der Waals surface area contributed by atoms with Crippen molar-refractivity contribution in [1.82, 2.24) is 15.1 Å². The molecule has 2 unspecified atom stereocenters. The summed E-state index contributed by atoms with van der Waals surface area (Å²) in [5, 5.41) is 14.4. The number of allylic oxidation sites excluding steroid dienone is 1. The molecule has 2 atom stereocenters. The minimum absolute atomic E-state index is 0.138. The van der Waals surface area contributed by atoms with Crippen LogP contribution >= 0.6 is 11.6 Å². The maximum absolute atomic E-state index is 11.7. The highest BCUT2D eigenvalue weighted by molar-refractivity contribution is 6.29. The van der Waals surface area contributed by atoms with Gasteiger partial charge in [-0.1, -0.05) is 0 Å². The molecule has 4 rings (SSSR count). The molecule has 4 aliphatic rings. The fourth-order valence-electron chi connectivity index (χ4n) is 3.99. The lowest BCUT2D eigenvalue weighted by atomic mass is 10.00. The van der Waals surface area contributed by atoms with Crippen LogP contribution in [-0.2, 0) is 9.53 Å². The monoisotopic (exact) mass is 353 g/mol. The smallest absolute Gasteiger partial charge is 0.240 e. The third kappa shape index (κ3) is 2.28. The van der Waals surface area contributed by atoms with Crippen molar-refractivity contribution in [2.75, 3.05) is 38.7 Å². The van der Waals surface area contributed by atoms with Gasteiger partial charge in [0, 0.05) is 30.9 Å². The number of aliphatic imine (C=N–C) groups is 2. The summed E-state index contributed by atoms with van der Waals surface area (Å²) in [5.41, 5.74) is 1.82. The summed E-state index contributed by atoms with van der Waals surface area (Å²) in [5.74, 6) is -1.23. The molecule has 4 aliphatic heterocycles. The van der Waals surface area contributed by atoms with Gasteiger partial charge in [-0.3, -0.25) is 14.7 Å². The van der Waals surface area contributed by atoms with E-state index in [1.165, 1.54) is 6.34 Å². The number of rotatable bonds is 2. The van der Waals surface area contributed by atoms with Gasteiger partial charge < -0.3 is 20.1 Å². The number of amides is 1. The summed E-state index contributed by atoms with van der Waals surface area (Å²) in [6.45, 7) is 3.21. The quantitative estimate of drug-likeness (QED) is 0.653. The van der Waals surface area contributed by atoms with Crippen LogP contribution in [0.3, 0.4) is 0 Å². The van der Waals surface area contributed by atoms with E-state index in [0.29, 0.717) is 32.1 Å². The van der Waals surface area contributed by atoms with Crippen molar-refractivity contribution >= 4 is 29.7 Å². The first-order valence-corrected chi connectivity index (χ1v) is 8.71. The van der Waals surface area contributed by atoms with Gasteiger partial charge in [-0.15, -0.1) is 11.6 Å². The summed E-state index contributed by atoms with van der Waals surface area (Å²) in [7, 11) is 0. The number of alkyl halides is 1. The van der Waals surface area contributed by atoms with Gasteiger partial charge in [0.1, 0.15) is 24.1 Å². The summed E-state index contributed by atoms with van der Waals surface area (Å²) in [6.07, 6.45) is 3.20. The van der Waals surface area contributed by atoms with Crippen molar-refractivity contribution in [2.45, 2.75) is 24.7 Å². The van der Waals surface area contributed by atoms with Gasteiger partial charge >= 0.3 is 0 Å². The molecule has 1 amide bonds. The van der Waals surface area contributed by atoms with E-state index in [9.17, 15) is 9.90 Å². The van der Waals surface area contributed by atoms with Gasteiger partial charge in [0.05, 0.1) is 13.2 Å². The number of morpholine rings is 1. The number of aliphatic hydroxyl groups is 1. The second-order valence-corrected chi connectivity index (χ2v) is 6.50. The molecule has 0 spiro atoms. The standard InChI is InChI=1S/C15H20ClN5O3/c16-8-11(22)19-14-12-10-2-1-3-21(10)15(23,13(12)17-9-18-14)20-4-6-24-7-5-20/h9,13,23H,1-8H2,(H,17,18,19,22). The van der Waals surface area contributed by atoms with Crippen molar-refractivity contribution in [3.8, 4) is 0 Å². The van der Waals surface area contributed by atoms with E-state index in [1.807, 2.05) is 9.80 Å². The van der Waals surface area contributed by atoms with Gasteiger partial charge in [-0.25, -0.2) is 4.99 Å². The number of fused-ring (bicyclic) bond motifs is 2. The molecule has 2 saturated heterocycles. The maximum atomic E-state index is 11.7. The molecule has 0 aromatic rings. The Balaban J connectivity index is 1.72. The third-order valence-corrected chi connectivity index (χ3v) is 5.23. The minimum atomic E-state index is -1.23. The fourth-order valence-corrected chi connectivity index (χ4v) is 4.05. The zero-order valence-corrected chi connectivity index (χ0v) is 14.0. The van der Waals surface area contributed by atoms with E-state index in [-0.39, 0.29) is 11.8 Å². The lowest BCUT2D eigenvalue weighted by Gasteiger charge is -2.47. The van der Waals surface area contributed by atoms with E-state index >= 15 is 0 Å². The molecule has 0 saturated carbocycles. The molecule has 0 bridgehead atoms. The Bertz CT molecular complexity index is 643. The van der Waals surface area contributed by atoms with Crippen LogP contribution in [0.15, 0.2) is 21.3 Å². The van der Waals surface area contributed by atoms with Crippen LogP contribution in [0.5, 0.6) is 0 Å². The molecule has 0 aliphatic carbocycles. The molecular formula is C15H20ClN5O3. The van der Waals surface area contributed by atoms with Gasteiger partial charge in [0.15, 0.2) is 0 Å². The topological polar surface area (TPSA) is 89.8 Å². The predicted octanol–water partition coefficient (Wildman–Crippen LogP) is -0.508. The number of hydrogen-bond acceptors (Lipinski definition) is 7. The van der Waals surface area contributed by atoms with E-state index in [4.69, 9.17) is 16.3 Å². The van der Waals surface area contributed by atoms with E-state index in [1.54, 1.807) is 0 Å². The Hall–Kier alpha value is -1.48. The zero-order valence-electron chi connectivity index (χ0n) is 13.2. The van der Waals surface area contributed by atoms with Crippen molar-refractivity contribution in [1.29, 1.82) is 0 Å². The Labute approximate surface area is 144 Å². The summed E-state index contributed by atoms with van der Waals surface area (Å²) in [6, 6.07) is -0.492. The molecule has 130 valence electrons. The van der Waals surface area contributed by atoms with Crippen LogP contribution < -0.4 is 5.32 Å². The number of ether oxygens (including phenoxy) is 1. The van der Waals surface area contributed by atoms with Crippen LogP contribution in [0.1, 0.15) is 12.8 Å². The number of nitrogens with one attached hydrogen (secondary N) is 1. The molecule has 24 heavy (non-hydrogen) atoms. The first-order valence-electron chi connectivity index (χ1n) is 8.17. The largest absolute Gasteiger partial charge is 0.379 e. The van der Waals surface area contributed by atoms with Crippen molar-refractivity contribution < 1.29 is 14.6 Å². The maximum Gasteiger partial charge on any atom is 0.240 e. The lowest BCUT2D eigenvalue weighted by molar-refractivity contribution is -0.214. The Kier molecular flexibility index (Phi) is 4.07. The number of amidine groups is 1. The predicted molar refractivity (Wildman–Crippen MR) is 88.9 cm³/mol. The second-order valence-electron chi connectivity index (χ2n) is 6.23. The average Bonchev–Trinajstić information content (AvgIpc) is 3.19. The number of carbonyl (C=O) groups is 1. The summed E-state index contributed by atoms with van der Waals surface area (Å²) in [4.78, 5) is 24.4. The fraction of sp³-hybridized carbons (Fsp3) is 0.667. The number of carbonyl (C=O) groups excluding carboxylic acids is 1. The second kappa shape index (κ2) is 6.11. The highest BCUT2D eigenvalue weighted by Crippen LogP contribution is 2.46. The molecule has 0 radical (unpaired) electrons. The molecule has 9 heteroatoms. The first-order chi connectivity index (χ1) is 11.7. The molecule has 4 heterocycles. The van der Waals surface area contributed by atoms with Gasteiger partial charge in [0.25, 0.3) is 0 Å². The summed E-state index contributed by atoms with van der Waals surface area (Å²) < 4.78 is 5.42. The number of nitrogens with zero attached hydrogens (tertiary/aromatic N) is 4. The van der Waals surface area contributed by atoms with Gasteiger partial charge in [-0.05, 0) is 12.8 Å². The number of hydrogen-bond donors (Lipinski definition) is 2. The number of halogens is 1. The Morgan fingerprint density at radius 3 is 3.00 bits per heavy atom. The average molecular weight is 354 g/mol. The third-order valence-electron chi connectivity index (χ3n) is 4.98. The van der Waals surface area contributed by atoms with E-state index in [0.717, 1.165) is 30.7 Å². The highest BCUT2D eigenvalue weighted by atomic mass is 35.5. The zero-order chi connectivity index (χ0) is 16.7. The molecule has 0 aromatic carbocycles. The first kappa shape index (κ1) is 16.0. The molecular weight excluding hydrogens is 334 g/mol. The lowest BCUT2D eigenvalue weighted by Crippen LogP contribution is -2.65. The molecule has 2 N–H and O–H groups in total. The van der Waals surface area contributed by atoms with Crippen LogP contribution in [0.25, 0.3) is 0 Å². The summed E-state index contributed by atoms with van der Waals surface area (Å²) >= 11 is 5.60.